The molecular formula is C12H13BrO. The molecule has 1 atom stereocenters. The van der Waals surface area contributed by atoms with Gasteiger partial charge in [-0.3, -0.25) is 0 Å². The summed E-state index contributed by atoms with van der Waals surface area (Å²) in [5.41, 5.74) is 2.71. The Morgan fingerprint density at radius 1 is 1.57 bits per heavy atom. The van der Waals surface area contributed by atoms with Gasteiger partial charge in [-0.2, -0.15) is 0 Å². The summed E-state index contributed by atoms with van der Waals surface area (Å²) in [7, 11) is 0. The van der Waals surface area contributed by atoms with Gasteiger partial charge in [-0.15, -0.1) is 0 Å². The third-order valence-electron chi connectivity index (χ3n) is 2.47. The predicted molar refractivity (Wildman–Crippen MR) is 61.1 cm³/mol. The number of halogens is 1. The second-order valence-corrected chi connectivity index (χ2v) is 4.61. The molecule has 1 aromatic carbocycles. The van der Waals surface area contributed by atoms with E-state index >= 15 is 0 Å². The number of fused-ring (bicyclic) bond motifs is 1. The van der Waals surface area contributed by atoms with Crippen molar-refractivity contribution in [1.29, 1.82) is 0 Å². The molecule has 1 aromatic rings. The van der Waals surface area contributed by atoms with Gasteiger partial charge in [0.1, 0.15) is 6.10 Å². The molecule has 0 heterocycles. The summed E-state index contributed by atoms with van der Waals surface area (Å²) in [5, 5.41) is 0. The Bertz CT molecular complexity index is 371. The highest BCUT2D eigenvalue weighted by Gasteiger charge is 2.23. The van der Waals surface area contributed by atoms with Crippen LogP contribution in [0, 0.1) is 0 Å². The quantitative estimate of drug-likeness (QED) is 0.724. The largest absolute Gasteiger partial charge is 0.491 e. The molecular weight excluding hydrogens is 240 g/mol. The monoisotopic (exact) mass is 252 g/mol. The van der Waals surface area contributed by atoms with Crippen molar-refractivity contribution < 1.29 is 4.74 Å². The van der Waals surface area contributed by atoms with Gasteiger partial charge in [0, 0.05) is 4.47 Å². The van der Waals surface area contributed by atoms with E-state index in [4.69, 9.17) is 4.74 Å². The maximum absolute atomic E-state index is 5.68. The standard InChI is InChI=1S/C12H13BrO/c1-8(2)14-12-6-4-9-3-5-10(13)7-11(9)12/h3,5,7,12H,1,4,6H2,2H3/t12-/m1/s1. The molecule has 0 saturated heterocycles. The Hall–Kier alpha value is -0.760. The minimum absolute atomic E-state index is 0.208. The van der Waals surface area contributed by atoms with Crippen LogP contribution in [0.15, 0.2) is 35.0 Å². The summed E-state index contributed by atoms with van der Waals surface area (Å²) in [5.74, 6) is 0.794. The van der Waals surface area contributed by atoms with E-state index in [2.05, 4.69) is 40.7 Å². The normalized spacial score (nSPS) is 19.1. The summed E-state index contributed by atoms with van der Waals surface area (Å²) in [6, 6.07) is 6.40. The number of aryl methyl sites for hydroxylation is 1. The summed E-state index contributed by atoms with van der Waals surface area (Å²) in [4.78, 5) is 0. The molecule has 2 heteroatoms. The minimum Gasteiger partial charge on any atom is -0.491 e. The van der Waals surface area contributed by atoms with E-state index in [9.17, 15) is 0 Å². The first-order chi connectivity index (χ1) is 6.66. The van der Waals surface area contributed by atoms with Gasteiger partial charge >= 0.3 is 0 Å². The van der Waals surface area contributed by atoms with Gasteiger partial charge < -0.3 is 4.74 Å². The molecule has 2 rings (SSSR count). The van der Waals surface area contributed by atoms with Crippen LogP contribution in [-0.4, -0.2) is 0 Å². The van der Waals surface area contributed by atoms with E-state index in [-0.39, 0.29) is 6.10 Å². The predicted octanol–water partition coefficient (Wildman–Crippen LogP) is 3.99. The van der Waals surface area contributed by atoms with Crippen LogP contribution in [-0.2, 0) is 11.2 Å². The number of benzene rings is 1. The summed E-state index contributed by atoms with van der Waals surface area (Å²) in [6.07, 6.45) is 2.39. The lowest BCUT2D eigenvalue weighted by Crippen LogP contribution is -1.97. The van der Waals surface area contributed by atoms with Gasteiger partial charge in [0.15, 0.2) is 0 Å². The Morgan fingerprint density at radius 2 is 2.36 bits per heavy atom. The number of rotatable bonds is 2. The van der Waals surface area contributed by atoms with E-state index in [1.165, 1.54) is 11.1 Å². The summed E-state index contributed by atoms with van der Waals surface area (Å²) >= 11 is 3.48. The Balaban J connectivity index is 2.28. The highest BCUT2D eigenvalue weighted by Crippen LogP contribution is 2.36. The molecule has 0 N–H and O–H groups in total. The Kier molecular flexibility index (Phi) is 2.64. The Morgan fingerprint density at radius 3 is 3.07 bits per heavy atom. The fourth-order valence-electron chi connectivity index (χ4n) is 1.90. The van der Waals surface area contributed by atoms with Crippen LogP contribution in [0.3, 0.4) is 0 Å². The lowest BCUT2D eigenvalue weighted by Gasteiger charge is -2.14. The molecule has 0 fully saturated rings. The van der Waals surface area contributed by atoms with Crippen molar-refractivity contribution in [1.82, 2.24) is 0 Å². The van der Waals surface area contributed by atoms with Crippen LogP contribution in [0.2, 0.25) is 0 Å². The first kappa shape index (κ1) is 9.78. The summed E-state index contributed by atoms with van der Waals surface area (Å²) < 4.78 is 6.80. The molecule has 74 valence electrons. The molecule has 0 radical (unpaired) electrons. The SMILES string of the molecule is C=C(C)O[C@@H]1CCc2ccc(Br)cc21. The average molecular weight is 253 g/mol. The maximum atomic E-state index is 5.68. The van der Waals surface area contributed by atoms with Gasteiger partial charge in [0.2, 0.25) is 0 Å². The van der Waals surface area contributed by atoms with Crippen LogP contribution in [0.5, 0.6) is 0 Å². The topological polar surface area (TPSA) is 9.23 Å². The Labute approximate surface area is 92.9 Å². The number of allylic oxidation sites excluding steroid dienone is 1. The van der Waals surface area contributed by atoms with Gasteiger partial charge in [-0.1, -0.05) is 28.6 Å². The van der Waals surface area contributed by atoms with E-state index in [0.29, 0.717) is 0 Å². The van der Waals surface area contributed by atoms with Gasteiger partial charge in [-0.25, -0.2) is 0 Å². The van der Waals surface area contributed by atoms with Crippen molar-refractivity contribution in [2.75, 3.05) is 0 Å². The first-order valence-electron chi connectivity index (χ1n) is 4.77. The van der Waals surface area contributed by atoms with Crippen molar-refractivity contribution in [3.8, 4) is 0 Å². The van der Waals surface area contributed by atoms with Crippen molar-refractivity contribution in [2.24, 2.45) is 0 Å². The second-order valence-electron chi connectivity index (χ2n) is 3.69. The van der Waals surface area contributed by atoms with Gasteiger partial charge in [0.05, 0.1) is 5.76 Å². The number of ether oxygens (including phenoxy) is 1. The van der Waals surface area contributed by atoms with E-state index in [0.717, 1.165) is 23.1 Å². The van der Waals surface area contributed by atoms with Crippen LogP contribution >= 0.6 is 15.9 Å². The first-order valence-corrected chi connectivity index (χ1v) is 5.56. The fraction of sp³-hybridized carbons (Fsp3) is 0.333. The van der Waals surface area contributed by atoms with Crippen LogP contribution < -0.4 is 0 Å². The third kappa shape index (κ3) is 1.85. The maximum Gasteiger partial charge on any atom is 0.124 e. The van der Waals surface area contributed by atoms with Crippen molar-refractivity contribution >= 4 is 15.9 Å². The zero-order chi connectivity index (χ0) is 10.1. The van der Waals surface area contributed by atoms with Crippen LogP contribution in [0.1, 0.15) is 30.6 Å². The molecule has 0 aromatic heterocycles. The van der Waals surface area contributed by atoms with E-state index in [1.54, 1.807) is 0 Å². The van der Waals surface area contributed by atoms with E-state index in [1.807, 2.05) is 6.92 Å². The zero-order valence-corrected chi connectivity index (χ0v) is 9.80. The molecule has 0 bridgehead atoms. The highest BCUT2D eigenvalue weighted by atomic mass is 79.9. The minimum atomic E-state index is 0.208. The lowest BCUT2D eigenvalue weighted by atomic mass is 10.1. The molecule has 0 spiro atoms. The molecule has 0 saturated carbocycles. The smallest absolute Gasteiger partial charge is 0.124 e. The zero-order valence-electron chi connectivity index (χ0n) is 8.22. The molecule has 1 nitrogen and oxygen atoms in total. The fourth-order valence-corrected chi connectivity index (χ4v) is 2.28. The van der Waals surface area contributed by atoms with Gasteiger partial charge in [-0.05, 0) is 43.0 Å². The van der Waals surface area contributed by atoms with E-state index < -0.39 is 0 Å². The highest BCUT2D eigenvalue weighted by molar-refractivity contribution is 9.10. The average Bonchev–Trinajstić information content (AvgIpc) is 2.47. The molecule has 0 amide bonds. The summed E-state index contributed by atoms with van der Waals surface area (Å²) in [6.45, 7) is 5.68. The van der Waals surface area contributed by atoms with Crippen molar-refractivity contribution in [2.45, 2.75) is 25.9 Å². The molecule has 0 unspecified atom stereocenters. The van der Waals surface area contributed by atoms with Crippen LogP contribution in [0.25, 0.3) is 0 Å². The third-order valence-corrected chi connectivity index (χ3v) is 2.97. The number of hydrogen-bond acceptors (Lipinski definition) is 1. The number of hydrogen-bond donors (Lipinski definition) is 0. The van der Waals surface area contributed by atoms with Crippen molar-refractivity contribution in [3.05, 3.63) is 46.1 Å². The molecule has 14 heavy (non-hydrogen) atoms. The van der Waals surface area contributed by atoms with Crippen LogP contribution in [0.4, 0.5) is 0 Å². The second kappa shape index (κ2) is 3.77. The van der Waals surface area contributed by atoms with Crippen molar-refractivity contribution in [3.63, 3.8) is 0 Å². The molecule has 0 aliphatic heterocycles. The van der Waals surface area contributed by atoms with Gasteiger partial charge in [0.25, 0.3) is 0 Å². The molecule has 1 aliphatic carbocycles. The molecule has 1 aliphatic rings. The lowest BCUT2D eigenvalue weighted by molar-refractivity contribution is 0.121.